The highest BCUT2D eigenvalue weighted by atomic mass is 32.1. The molecule has 7 aromatic carbocycles. The van der Waals surface area contributed by atoms with Gasteiger partial charge < -0.3 is 0 Å². The zero-order valence-electron chi connectivity index (χ0n) is 25.3. The second kappa shape index (κ2) is 11.4. The molecule has 0 N–H and O–H groups in total. The van der Waals surface area contributed by atoms with Crippen LogP contribution in [0, 0.1) is 0 Å². The Morgan fingerprint density at radius 2 is 0.915 bits per heavy atom. The number of aromatic nitrogens is 3. The van der Waals surface area contributed by atoms with Crippen LogP contribution in [0.5, 0.6) is 0 Å². The lowest BCUT2D eigenvalue weighted by Crippen LogP contribution is -1.96. The van der Waals surface area contributed by atoms with Crippen LogP contribution in [0.4, 0.5) is 0 Å². The number of nitrogens with zero attached hydrogens (tertiary/aromatic N) is 3. The smallest absolute Gasteiger partial charge is 0.160 e. The fourth-order valence-electron chi connectivity index (χ4n) is 6.33. The average molecular weight is 618 g/mol. The molecule has 3 nitrogen and oxygen atoms in total. The Morgan fingerprint density at radius 3 is 1.62 bits per heavy atom. The molecule has 47 heavy (non-hydrogen) atoms. The van der Waals surface area contributed by atoms with Gasteiger partial charge in [-0.25, -0.2) is 15.0 Å². The summed E-state index contributed by atoms with van der Waals surface area (Å²) < 4.78 is 1.19. The molecule has 0 aliphatic carbocycles. The van der Waals surface area contributed by atoms with Gasteiger partial charge in [0.05, 0.1) is 21.6 Å². The lowest BCUT2D eigenvalue weighted by atomic mass is 9.98. The molecule has 0 saturated heterocycles. The van der Waals surface area contributed by atoms with Crippen LogP contribution >= 0.6 is 11.3 Å². The van der Waals surface area contributed by atoms with Gasteiger partial charge in [-0.3, -0.25) is 0 Å². The maximum absolute atomic E-state index is 5.15. The molecule has 2 heterocycles. The molecule has 0 saturated carbocycles. The third-order valence-corrected chi connectivity index (χ3v) is 9.79. The van der Waals surface area contributed by atoms with E-state index in [1.165, 1.54) is 32.0 Å². The normalized spacial score (nSPS) is 11.4. The van der Waals surface area contributed by atoms with Crippen LogP contribution in [-0.4, -0.2) is 15.0 Å². The fraction of sp³-hybridized carbons (Fsp3) is 0. The molecule has 0 fully saturated rings. The summed E-state index contributed by atoms with van der Waals surface area (Å²) in [6.45, 7) is 0. The number of rotatable bonds is 5. The highest BCUT2D eigenvalue weighted by Gasteiger charge is 2.15. The monoisotopic (exact) mass is 617 g/mol. The minimum absolute atomic E-state index is 0.703. The summed E-state index contributed by atoms with van der Waals surface area (Å²) in [5.74, 6) is 0.703. The van der Waals surface area contributed by atoms with Crippen LogP contribution in [0.1, 0.15) is 0 Å². The number of thiazole rings is 1. The Hall–Kier alpha value is -5.97. The Bertz CT molecular complexity index is 2540. The van der Waals surface area contributed by atoms with Crippen molar-refractivity contribution < 1.29 is 0 Å². The van der Waals surface area contributed by atoms with Crippen molar-refractivity contribution in [2.24, 2.45) is 0 Å². The van der Waals surface area contributed by atoms with E-state index in [9.17, 15) is 0 Å². The summed E-state index contributed by atoms with van der Waals surface area (Å²) >= 11 is 1.74. The average Bonchev–Trinajstić information content (AvgIpc) is 3.60. The molecule has 0 bridgehead atoms. The maximum atomic E-state index is 5.15. The van der Waals surface area contributed by atoms with Crippen molar-refractivity contribution in [2.45, 2.75) is 0 Å². The summed E-state index contributed by atoms with van der Waals surface area (Å²) in [7, 11) is 0. The summed E-state index contributed by atoms with van der Waals surface area (Å²) in [4.78, 5) is 15.4. The Labute approximate surface area is 276 Å². The topological polar surface area (TPSA) is 38.7 Å². The molecule has 4 heteroatoms. The van der Waals surface area contributed by atoms with E-state index in [2.05, 4.69) is 146 Å². The minimum Gasteiger partial charge on any atom is -0.235 e. The van der Waals surface area contributed by atoms with Crippen LogP contribution in [-0.2, 0) is 0 Å². The predicted octanol–water partition coefficient (Wildman–Crippen LogP) is 11.7. The second-order valence-corrected chi connectivity index (χ2v) is 12.7. The molecule has 2 aromatic heterocycles. The van der Waals surface area contributed by atoms with Crippen LogP contribution in [0.25, 0.3) is 87.4 Å². The highest BCUT2D eigenvalue weighted by molar-refractivity contribution is 7.21. The molecule has 9 aromatic rings. The van der Waals surface area contributed by atoms with Gasteiger partial charge in [-0.05, 0) is 45.5 Å². The van der Waals surface area contributed by atoms with Gasteiger partial charge in [0.15, 0.2) is 5.82 Å². The molecule has 0 unspecified atom stereocenters. The number of benzene rings is 7. The van der Waals surface area contributed by atoms with Crippen molar-refractivity contribution in [1.29, 1.82) is 0 Å². The first-order valence-electron chi connectivity index (χ1n) is 15.7. The van der Waals surface area contributed by atoms with Gasteiger partial charge in [0, 0.05) is 27.6 Å². The molecule has 0 aliphatic rings. The van der Waals surface area contributed by atoms with Crippen molar-refractivity contribution in [2.75, 3.05) is 0 Å². The van der Waals surface area contributed by atoms with E-state index in [4.69, 9.17) is 15.0 Å². The number of hydrogen-bond donors (Lipinski definition) is 0. The van der Waals surface area contributed by atoms with Crippen molar-refractivity contribution >= 4 is 43.1 Å². The fourth-order valence-corrected chi connectivity index (χ4v) is 7.31. The predicted molar refractivity (Wildman–Crippen MR) is 197 cm³/mol. The van der Waals surface area contributed by atoms with Gasteiger partial charge in [0.2, 0.25) is 0 Å². The third kappa shape index (κ3) is 5.05. The molecule has 0 amide bonds. The van der Waals surface area contributed by atoms with E-state index in [0.717, 1.165) is 49.6 Å². The van der Waals surface area contributed by atoms with E-state index >= 15 is 0 Å². The van der Waals surface area contributed by atoms with Crippen molar-refractivity contribution in [3.8, 4) is 55.6 Å². The SMILES string of the molecule is c1ccc(-c2ccc(-c3cc(-c4ccccc4)nc(-c4ccc5c(ccc6ccc7sc(-c8ccccc8)nc7c65)c4)n3)cc2)cc1. The molecule has 220 valence electrons. The molecule has 0 atom stereocenters. The zero-order valence-corrected chi connectivity index (χ0v) is 26.2. The summed E-state index contributed by atoms with van der Waals surface area (Å²) in [6.07, 6.45) is 0. The molecule has 9 rings (SSSR count). The van der Waals surface area contributed by atoms with Crippen molar-refractivity contribution in [3.05, 3.63) is 164 Å². The van der Waals surface area contributed by atoms with Crippen molar-refractivity contribution in [3.63, 3.8) is 0 Å². The van der Waals surface area contributed by atoms with Gasteiger partial charge in [-0.2, -0.15) is 0 Å². The standard InChI is InChI=1S/C43H27N3S/c1-4-10-28(11-5-1)29-16-18-31(19-17-29)38-27-37(30-12-6-2-7-13-30)44-42(45-38)35-22-24-36-34(26-35)21-20-32-23-25-39-41(40(32)36)46-43(47-39)33-14-8-3-9-15-33/h1-27H. The highest BCUT2D eigenvalue weighted by Crippen LogP contribution is 2.38. The van der Waals surface area contributed by atoms with Crippen LogP contribution in [0.15, 0.2) is 164 Å². The summed E-state index contributed by atoms with van der Waals surface area (Å²) in [6, 6.07) is 57.3. The number of fused-ring (bicyclic) bond motifs is 5. The first kappa shape index (κ1) is 27.3. The second-order valence-electron chi connectivity index (χ2n) is 11.7. The molecule has 0 aliphatic heterocycles. The van der Waals surface area contributed by atoms with Crippen LogP contribution in [0.3, 0.4) is 0 Å². The number of hydrogen-bond acceptors (Lipinski definition) is 4. The maximum Gasteiger partial charge on any atom is 0.160 e. The quantitative estimate of drug-likeness (QED) is 0.180. The van der Waals surface area contributed by atoms with E-state index in [1.807, 2.05) is 18.2 Å². The van der Waals surface area contributed by atoms with Gasteiger partial charge in [0.25, 0.3) is 0 Å². The lowest BCUT2D eigenvalue weighted by molar-refractivity contribution is 1.18. The molecular formula is C43H27N3S. The Kier molecular flexibility index (Phi) is 6.65. The Morgan fingerprint density at radius 1 is 0.383 bits per heavy atom. The van der Waals surface area contributed by atoms with Crippen LogP contribution in [0.2, 0.25) is 0 Å². The Balaban J connectivity index is 1.17. The summed E-state index contributed by atoms with van der Waals surface area (Å²) in [5, 5.41) is 5.73. The van der Waals surface area contributed by atoms with Gasteiger partial charge >= 0.3 is 0 Å². The zero-order chi connectivity index (χ0) is 31.2. The third-order valence-electron chi connectivity index (χ3n) is 8.72. The van der Waals surface area contributed by atoms with Gasteiger partial charge in [0.1, 0.15) is 5.01 Å². The largest absolute Gasteiger partial charge is 0.235 e. The first-order chi connectivity index (χ1) is 23.3. The molecule has 0 radical (unpaired) electrons. The summed E-state index contributed by atoms with van der Waals surface area (Å²) in [5.41, 5.74) is 9.45. The van der Waals surface area contributed by atoms with E-state index in [0.29, 0.717) is 5.82 Å². The van der Waals surface area contributed by atoms with E-state index < -0.39 is 0 Å². The van der Waals surface area contributed by atoms with Crippen LogP contribution < -0.4 is 0 Å². The van der Waals surface area contributed by atoms with Gasteiger partial charge in [-0.15, -0.1) is 11.3 Å². The molecule has 0 spiro atoms. The van der Waals surface area contributed by atoms with Crippen molar-refractivity contribution in [1.82, 2.24) is 15.0 Å². The van der Waals surface area contributed by atoms with E-state index in [1.54, 1.807) is 11.3 Å². The minimum atomic E-state index is 0.703. The van der Waals surface area contributed by atoms with E-state index in [-0.39, 0.29) is 0 Å². The lowest BCUT2D eigenvalue weighted by Gasteiger charge is -2.11. The first-order valence-corrected chi connectivity index (χ1v) is 16.5. The van der Waals surface area contributed by atoms with Gasteiger partial charge in [-0.1, -0.05) is 146 Å². The molecular weight excluding hydrogens is 591 g/mol.